The maximum Gasteiger partial charge on any atom is 0 e. The molecule has 0 fully saturated rings. The second-order valence-corrected chi connectivity index (χ2v) is 6.56. The van der Waals surface area contributed by atoms with Gasteiger partial charge in [0.05, 0.1) is 0 Å². The zero-order chi connectivity index (χ0) is 12.9. The van der Waals surface area contributed by atoms with Crippen LogP contribution >= 0.6 is 24.9 Å². The van der Waals surface area contributed by atoms with E-state index in [1.54, 1.807) is 0 Å². The Morgan fingerprint density at radius 3 is 0.905 bits per heavy atom. The summed E-state index contributed by atoms with van der Waals surface area (Å²) in [5, 5.41) is 4.19. The minimum Gasteiger partial charge on any atom is -0.114 e. The number of hydrogen-bond acceptors (Lipinski definition) is 0. The van der Waals surface area contributed by atoms with Crippen molar-refractivity contribution in [1.82, 2.24) is 0 Å². The molecule has 0 N–H and O–H groups in total. The summed E-state index contributed by atoms with van der Waals surface area (Å²) >= 11 is 0. The van der Waals surface area contributed by atoms with Crippen LogP contribution < -0.4 is 15.9 Å². The predicted octanol–water partition coefficient (Wildman–Crippen LogP) is 4.02. The summed E-state index contributed by atoms with van der Waals surface area (Å²) in [5.74, 6) is 0. The van der Waals surface area contributed by atoms with Gasteiger partial charge in [0.2, 0.25) is 0 Å². The standard InChI is InChI=1S/C18H15P.BrH.Co/c1-4-10-16(11-5-1)19(17-12-6-2-7-13-17)18-14-8-3-9-15-18;;/h1-15H;1H;. The number of rotatable bonds is 3. The average molecular weight is 402 g/mol. The van der Waals surface area contributed by atoms with Crippen LogP contribution in [0.3, 0.4) is 0 Å². The number of benzene rings is 3. The van der Waals surface area contributed by atoms with Crippen LogP contribution in [-0.2, 0) is 16.8 Å². The molecule has 3 aromatic rings. The fourth-order valence-electron chi connectivity index (χ4n) is 2.18. The van der Waals surface area contributed by atoms with Crippen LogP contribution in [0.25, 0.3) is 0 Å². The summed E-state index contributed by atoms with van der Waals surface area (Å²) in [6.45, 7) is 0. The molecule has 0 aliphatic carbocycles. The summed E-state index contributed by atoms with van der Waals surface area (Å²) in [7, 11) is -0.446. The molecule has 0 amide bonds. The fourth-order valence-corrected chi connectivity index (χ4v) is 4.48. The molecule has 0 aliphatic rings. The third kappa shape index (κ3) is 4.52. The van der Waals surface area contributed by atoms with Gasteiger partial charge in [-0.15, -0.1) is 17.0 Å². The minimum atomic E-state index is -0.446. The Balaban J connectivity index is 0.00000110. The van der Waals surface area contributed by atoms with E-state index < -0.39 is 7.92 Å². The van der Waals surface area contributed by atoms with Gasteiger partial charge in [-0.2, -0.15) is 0 Å². The van der Waals surface area contributed by atoms with Crippen LogP contribution in [0.5, 0.6) is 0 Å². The molecule has 0 unspecified atom stereocenters. The van der Waals surface area contributed by atoms with Crippen LogP contribution in [0, 0.1) is 0 Å². The molecule has 0 bridgehead atoms. The average Bonchev–Trinajstić information content (AvgIpc) is 2.51. The molecule has 0 atom stereocenters. The minimum absolute atomic E-state index is 0. The molecule has 3 rings (SSSR count). The van der Waals surface area contributed by atoms with Crippen molar-refractivity contribution in [2.45, 2.75) is 0 Å². The van der Waals surface area contributed by atoms with E-state index in [0.29, 0.717) is 0 Å². The smallest absolute Gasteiger partial charge is 0 e. The van der Waals surface area contributed by atoms with Crippen LogP contribution in [-0.4, -0.2) is 0 Å². The van der Waals surface area contributed by atoms with Crippen LogP contribution in [0.1, 0.15) is 0 Å². The predicted molar refractivity (Wildman–Crippen MR) is 95.5 cm³/mol. The molecule has 0 nitrogen and oxygen atoms in total. The van der Waals surface area contributed by atoms with Gasteiger partial charge in [-0.3, -0.25) is 0 Å². The summed E-state index contributed by atoms with van der Waals surface area (Å²) in [6, 6.07) is 32.3. The normalized spacial score (nSPS) is 9.57. The number of halogens is 1. The van der Waals surface area contributed by atoms with Gasteiger partial charge in [0.1, 0.15) is 0 Å². The van der Waals surface area contributed by atoms with Crippen molar-refractivity contribution >= 4 is 40.8 Å². The molecule has 1 radical (unpaired) electrons. The van der Waals surface area contributed by atoms with E-state index in [-0.39, 0.29) is 33.8 Å². The Bertz CT molecular complexity index is 535. The van der Waals surface area contributed by atoms with Crippen LogP contribution in [0.15, 0.2) is 91.0 Å². The van der Waals surface area contributed by atoms with Crippen molar-refractivity contribution in [2.24, 2.45) is 0 Å². The molecule has 3 heteroatoms. The molecule has 21 heavy (non-hydrogen) atoms. The fraction of sp³-hybridized carbons (Fsp3) is 0. The monoisotopic (exact) mass is 401 g/mol. The van der Waals surface area contributed by atoms with E-state index in [9.17, 15) is 0 Å². The molecular formula is C18H16BrCoP. The molecule has 3 aromatic carbocycles. The zero-order valence-electron chi connectivity index (χ0n) is 11.3. The molecule has 0 heterocycles. The Kier molecular flexibility index (Phi) is 7.91. The van der Waals surface area contributed by atoms with Gasteiger partial charge in [0, 0.05) is 16.8 Å². The third-order valence-corrected chi connectivity index (χ3v) is 5.49. The summed E-state index contributed by atoms with van der Waals surface area (Å²) in [4.78, 5) is 0. The molecule has 0 saturated carbocycles. The van der Waals surface area contributed by atoms with Gasteiger partial charge in [0.15, 0.2) is 0 Å². The van der Waals surface area contributed by atoms with Crippen LogP contribution in [0.4, 0.5) is 0 Å². The van der Waals surface area contributed by atoms with E-state index in [1.807, 2.05) is 0 Å². The van der Waals surface area contributed by atoms with Crippen molar-refractivity contribution in [3.8, 4) is 0 Å². The van der Waals surface area contributed by atoms with E-state index >= 15 is 0 Å². The summed E-state index contributed by atoms with van der Waals surface area (Å²) < 4.78 is 0. The molecular weight excluding hydrogens is 386 g/mol. The van der Waals surface area contributed by atoms with E-state index in [0.717, 1.165) is 0 Å². The maximum atomic E-state index is 2.23. The maximum absolute atomic E-state index is 2.23. The van der Waals surface area contributed by atoms with Crippen molar-refractivity contribution in [3.05, 3.63) is 91.0 Å². The van der Waals surface area contributed by atoms with Crippen molar-refractivity contribution in [2.75, 3.05) is 0 Å². The van der Waals surface area contributed by atoms with Gasteiger partial charge >= 0.3 is 0 Å². The molecule has 0 aliphatic heterocycles. The van der Waals surface area contributed by atoms with Gasteiger partial charge in [-0.05, 0) is 23.8 Å². The molecule has 0 aromatic heterocycles. The topological polar surface area (TPSA) is 0 Å². The first kappa shape index (κ1) is 18.1. The summed E-state index contributed by atoms with van der Waals surface area (Å²) in [5.41, 5.74) is 0. The first-order valence-electron chi connectivity index (χ1n) is 6.40. The second-order valence-electron chi connectivity index (χ2n) is 4.34. The Hall–Kier alpha value is -0.924. The zero-order valence-corrected chi connectivity index (χ0v) is 15.0. The second kappa shape index (κ2) is 9.17. The first-order chi connectivity index (χ1) is 9.45. The van der Waals surface area contributed by atoms with E-state index in [2.05, 4.69) is 91.0 Å². The van der Waals surface area contributed by atoms with Crippen molar-refractivity contribution in [3.63, 3.8) is 0 Å². The quantitative estimate of drug-likeness (QED) is 0.581. The first-order valence-corrected chi connectivity index (χ1v) is 7.74. The van der Waals surface area contributed by atoms with E-state index in [1.165, 1.54) is 15.9 Å². The van der Waals surface area contributed by atoms with Crippen LogP contribution in [0.2, 0.25) is 0 Å². The van der Waals surface area contributed by atoms with Gasteiger partial charge in [0.25, 0.3) is 0 Å². The SMILES string of the molecule is Br.[Co].c1ccc(P(c2ccccc2)c2ccccc2)cc1. The Morgan fingerprint density at radius 2 is 0.667 bits per heavy atom. The van der Waals surface area contributed by atoms with Gasteiger partial charge in [-0.1, -0.05) is 91.0 Å². The largest absolute Gasteiger partial charge is 0.114 e. The van der Waals surface area contributed by atoms with Gasteiger partial charge < -0.3 is 0 Å². The Morgan fingerprint density at radius 1 is 0.429 bits per heavy atom. The third-order valence-electron chi connectivity index (χ3n) is 3.04. The molecule has 109 valence electrons. The molecule has 0 spiro atoms. The van der Waals surface area contributed by atoms with Crippen molar-refractivity contribution < 1.29 is 16.8 Å². The van der Waals surface area contributed by atoms with Crippen molar-refractivity contribution in [1.29, 1.82) is 0 Å². The number of hydrogen-bond donors (Lipinski definition) is 0. The van der Waals surface area contributed by atoms with Gasteiger partial charge in [-0.25, -0.2) is 0 Å². The Labute approximate surface area is 148 Å². The summed E-state index contributed by atoms with van der Waals surface area (Å²) in [6.07, 6.45) is 0. The molecule has 0 saturated heterocycles. The van der Waals surface area contributed by atoms with E-state index in [4.69, 9.17) is 0 Å².